The Morgan fingerprint density at radius 2 is 1.25 bits per heavy atom. The predicted molar refractivity (Wildman–Crippen MR) is 143 cm³/mol. The molecule has 6 unspecified atom stereocenters. The summed E-state index contributed by atoms with van der Waals surface area (Å²) in [5, 5.41) is 0. The smallest absolute Gasteiger partial charge is 0.0554 e. The molecule has 1 nitrogen and oxygen atoms in total. The second-order valence-corrected chi connectivity index (χ2v) is 12.1. The van der Waals surface area contributed by atoms with Crippen molar-refractivity contribution in [1.82, 2.24) is 0 Å². The Bertz CT molecular complexity index is 493. The molecular weight excluding hydrogens is 386 g/mol. The first kappa shape index (κ1) is 26.3. The van der Waals surface area contributed by atoms with E-state index in [1.54, 1.807) is 0 Å². The van der Waals surface area contributed by atoms with Gasteiger partial charge in [-0.2, -0.15) is 0 Å². The Labute approximate surface area is 202 Å². The van der Waals surface area contributed by atoms with E-state index in [9.17, 15) is 0 Å². The van der Waals surface area contributed by atoms with Crippen LogP contribution in [0.4, 0.5) is 0 Å². The summed E-state index contributed by atoms with van der Waals surface area (Å²) < 4.78 is 0. The van der Waals surface area contributed by atoms with Crippen LogP contribution in [0.2, 0.25) is 0 Å². The van der Waals surface area contributed by atoms with E-state index in [0.29, 0.717) is 6.04 Å². The molecule has 6 atom stereocenters. The molecule has 186 valence electrons. The molecule has 3 aliphatic rings. The van der Waals surface area contributed by atoms with Crippen LogP contribution in [-0.2, 0) is 0 Å². The van der Waals surface area contributed by atoms with Gasteiger partial charge in [0.1, 0.15) is 0 Å². The van der Waals surface area contributed by atoms with Gasteiger partial charge in [0.25, 0.3) is 0 Å². The Morgan fingerprint density at radius 1 is 0.656 bits per heavy atom. The third-order valence-corrected chi connectivity index (χ3v) is 10.1. The van der Waals surface area contributed by atoms with E-state index in [1.165, 1.54) is 135 Å². The second kappa shape index (κ2) is 14.8. The van der Waals surface area contributed by atoms with Gasteiger partial charge in [0.15, 0.2) is 0 Å². The molecule has 0 aromatic heterocycles. The fourth-order valence-electron chi connectivity index (χ4n) is 8.25. The fourth-order valence-corrected chi connectivity index (χ4v) is 8.25. The molecule has 0 bridgehead atoms. The van der Waals surface area contributed by atoms with E-state index in [0.717, 1.165) is 35.5 Å². The van der Waals surface area contributed by atoms with Crippen LogP contribution in [0.5, 0.6) is 0 Å². The first-order chi connectivity index (χ1) is 15.8. The molecule has 32 heavy (non-hydrogen) atoms. The summed E-state index contributed by atoms with van der Waals surface area (Å²) in [5.41, 5.74) is 0. The second-order valence-electron chi connectivity index (χ2n) is 12.1. The molecule has 0 spiro atoms. The third kappa shape index (κ3) is 7.59. The highest BCUT2D eigenvalue weighted by Crippen LogP contribution is 2.50. The average Bonchev–Trinajstić information content (AvgIpc) is 3.43. The number of rotatable bonds is 14. The van der Waals surface area contributed by atoms with Crippen molar-refractivity contribution < 1.29 is 0 Å². The SMILES string of the molecule is C=NC1C(C(CCCC)CCCCCCCC)CCC1C1CCCCC(C2CCCC2)C1. The minimum Gasteiger partial charge on any atom is -0.297 e. The first-order valence-corrected chi connectivity index (χ1v) is 15.2. The van der Waals surface area contributed by atoms with Crippen LogP contribution < -0.4 is 0 Å². The maximum atomic E-state index is 4.93. The minimum atomic E-state index is 0.573. The normalized spacial score (nSPS) is 32.8. The standard InChI is InChI=1S/C31H57N/c1-4-6-8-9-10-11-19-26(16-7-5-2)29-22-23-30(31(29)32-3)28-21-15-14-20-27(24-28)25-17-12-13-18-25/h25-31H,3-24H2,1-2H3. The van der Waals surface area contributed by atoms with E-state index in [1.807, 2.05) is 0 Å². The third-order valence-electron chi connectivity index (χ3n) is 10.1. The molecule has 0 N–H and O–H groups in total. The molecule has 3 saturated carbocycles. The number of aliphatic imine (C=N–C) groups is 1. The van der Waals surface area contributed by atoms with Gasteiger partial charge in [0.2, 0.25) is 0 Å². The van der Waals surface area contributed by atoms with Gasteiger partial charge in [0, 0.05) is 0 Å². The van der Waals surface area contributed by atoms with Crippen LogP contribution >= 0.6 is 0 Å². The number of hydrogen-bond acceptors (Lipinski definition) is 1. The van der Waals surface area contributed by atoms with Crippen molar-refractivity contribution in [3.63, 3.8) is 0 Å². The van der Waals surface area contributed by atoms with E-state index in [-0.39, 0.29) is 0 Å². The largest absolute Gasteiger partial charge is 0.297 e. The summed E-state index contributed by atoms with van der Waals surface area (Å²) in [6, 6.07) is 0.573. The molecule has 0 amide bonds. The number of unbranched alkanes of at least 4 members (excludes halogenated alkanes) is 6. The highest BCUT2D eigenvalue weighted by Gasteiger charge is 2.44. The zero-order valence-electron chi connectivity index (χ0n) is 22.0. The van der Waals surface area contributed by atoms with Gasteiger partial charge in [-0.05, 0) is 61.5 Å². The number of nitrogens with zero attached hydrogens (tertiary/aromatic N) is 1. The van der Waals surface area contributed by atoms with Gasteiger partial charge < -0.3 is 0 Å². The Balaban J connectivity index is 1.58. The van der Waals surface area contributed by atoms with Crippen molar-refractivity contribution in [3.05, 3.63) is 0 Å². The molecule has 3 fully saturated rings. The maximum Gasteiger partial charge on any atom is 0.0554 e. The molecular formula is C31H57N. The monoisotopic (exact) mass is 443 g/mol. The van der Waals surface area contributed by atoms with Crippen LogP contribution in [-0.4, -0.2) is 12.8 Å². The Kier molecular flexibility index (Phi) is 12.2. The molecule has 0 aromatic carbocycles. The highest BCUT2D eigenvalue weighted by molar-refractivity contribution is 5.25. The van der Waals surface area contributed by atoms with Crippen molar-refractivity contribution in [1.29, 1.82) is 0 Å². The van der Waals surface area contributed by atoms with Crippen molar-refractivity contribution >= 4 is 6.72 Å². The van der Waals surface area contributed by atoms with Crippen LogP contribution in [0, 0.1) is 35.5 Å². The van der Waals surface area contributed by atoms with E-state index in [2.05, 4.69) is 20.6 Å². The summed E-state index contributed by atoms with van der Waals surface area (Å²) in [6.07, 6.45) is 30.8. The van der Waals surface area contributed by atoms with Gasteiger partial charge in [-0.15, -0.1) is 0 Å². The average molecular weight is 444 g/mol. The van der Waals surface area contributed by atoms with Gasteiger partial charge in [-0.25, -0.2) is 0 Å². The lowest BCUT2D eigenvalue weighted by Crippen LogP contribution is -2.31. The fraction of sp³-hybridized carbons (Fsp3) is 0.968. The molecule has 0 heterocycles. The maximum absolute atomic E-state index is 4.93. The summed E-state index contributed by atoms with van der Waals surface area (Å²) in [6.45, 7) is 8.90. The van der Waals surface area contributed by atoms with Crippen LogP contribution in [0.15, 0.2) is 4.99 Å². The van der Waals surface area contributed by atoms with Crippen molar-refractivity contribution in [2.75, 3.05) is 0 Å². The van der Waals surface area contributed by atoms with Crippen LogP contribution in [0.25, 0.3) is 0 Å². The predicted octanol–water partition coefficient (Wildman–Crippen LogP) is 10.0. The lowest BCUT2D eigenvalue weighted by Gasteiger charge is -2.34. The topological polar surface area (TPSA) is 12.4 Å². The van der Waals surface area contributed by atoms with Gasteiger partial charge in [0.05, 0.1) is 6.04 Å². The molecule has 0 saturated heterocycles. The number of hydrogen-bond donors (Lipinski definition) is 0. The van der Waals surface area contributed by atoms with Crippen molar-refractivity contribution in [2.24, 2.45) is 40.5 Å². The van der Waals surface area contributed by atoms with E-state index >= 15 is 0 Å². The van der Waals surface area contributed by atoms with Gasteiger partial charge in [-0.1, -0.05) is 129 Å². The first-order valence-electron chi connectivity index (χ1n) is 15.2. The van der Waals surface area contributed by atoms with E-state index < -0.39 is 0 Å². The minimum absolute atomic E-state index is 0.573. The summed E-state index contributed by atoms with van der Waals surface area (Å²) in [7, 11) is 0. The molecule has 3 aliphatic carbocycles. The quantitative estimate of drug-likeness (QED) is 0.144. The van der Waals surface area contributed by atoms with Crippen LogP contribution in [0.3, 0.4) is 0 Å². The van der Waals surface area contributed by atoms with Crippen LogP contribution in [0.1, 0.15) is 149 Å². The summed E-state index contributed by atoms with van der Waals surface area (Å²) in [5.74, 6) is 5.66. The molecule has 3 rings (SSSR count). The summed E-state index contributed by atoms with van der Waals surface area (Å²) >= 11 is 0. The van der Waals surface area contributed by atoms with Crippen molar-refractivity contribution in [3.8, 4) is 0 Å². The van der Waals surface area contributed by atoms with Gasteiger partial charge in [-0.3, -0.25) is 4.99 Å². The summed E-state index contributed by atoms with van der Waals surface area (Å²) in [4.78, 5) is 4.93. The zero-order chi connectivity index (χ0) is 22.6. The van der Waals surface area contributed by atoms with Gasteiger partial charge >= 0.3 is 0 Å². The van der Waals surface area contributed by atoms with Crippen molar-refractivity contribution in [2.45, 2.75) is 155 Å². The Morgan fingerprint density at radius 3 is 1.94 bits per heavy atom. The molecule has 0 aliphatic heterocycles. The zero-order valence-corrected chi connectivity index (χ0v) is 22.0. The van der Waals surface area contributed by atoms with E-state index in [4.69, 9.17) is 4.99 Å². The Hall–Kier alpha value is -0.330. The highest BCUT2D eigenvalue weighted by atomic mass is 14.8. The lowest BCUT2D eigenvalue weighted by atomic mass is 9.74. The molecule has 0 radical (unpaired) electrons. The molecule has 1 heteroatoms. The molecule has 0 aromatic rings. The lowest BCUT2D eigenvalue weighted by molar-refractivity contribution is 0.187.